The molecule has 0 aliphatic carbocycles. The fraction of sp³-hybridized carbons (Fsp3) is 0.900. The first-order valence-electron chi connectivity index (χ1n) is 4.87. The molecule has 1 amide bonds. The number of rotatable bonds is 2. The largest absolute Gasteiger partial charge is 0.369 e. The Morgan fingerprint density at radius 3 is 2.62 bits per heavy atom. The van der Waals surface area contributed by atoms with Crippen LogP contribution in [0.1, 0.15) is 20.8 Å². The van der Waals surface area contributed by atoms with E-state index in [1.807, 2.05) is 11.9 Å². The van der Waals surface area contributed by atoms with Crippen LogP contribution >= 0.6 is 0 Å². The van der Waals surface area contributed by atoms with Gasteiger partial charge < -0.3 is 9.64 Å². The van der Waals surface area contributed by atoms with Crippen LogP contribution in [0.2, 0.25) is 0 Å². The molecule has 0 aromatic carbocycles. The Morgan fingerprint density at radius 2 is 2.08 bits per heavy atom. The molecule has 1 fully saturated rings. The summed E-state index contributed by atoms with van der Waals surface area (Å²) in [5.74, 6) is 1.18. The zero-order chi connectivity index (χ0) is 10.0. The maximum atomic E-state index is 11.3. The van der Waals surface area contributed by atoms with Gasteiger partial charge in [-0.3, -0.25) is 4.79 Å². The summed E-state index contributed by atoms with van der Waals surface area (Å²) in [7, 11) is 1.87. The maximum absolute atomic E-state index is 11.3. The zero-order valence-electron chi connectivity index (χ0n) is 8.91. The third-order valence-corrected chi connectivity index (χ3v) is 3.06. The summed E-state index contributed by atoms with van der Waals surface area (Å²) < 4.78 is 5.24. The van der Waals surface area contributed by atoms with E-state index < -0.39 is 0 Å². The molecule has 0 radical (unpaired) electrons. The van der Waals surface area contributed by atoms with Crippen LogP contribution in [0.15, 0.2) is 0 Å². The molecule has 2 atom stereocenters. The van der Waals surface area contributed by atoms with E-state index >= 15 is 0 Å². The van der Waals surface area contributed by atoms with Crippen molar-refractivity contribution in [1.82, 2.24) is 4.90 Å². The number of carbonyl (C=O) groups excluding carboxylic acids is 1. The van der Waals surface area contributed by atoms with Gasteiger partial charge in [-0.25, -0.2) is 0 Å². The van der Waals surface area contributed by atoms with Gasteiger partial charge in [0.2, 0.25) is 5.91 Å². The van der Waals surface area contributed by atoms with Crippen molar-refractivity contribution >= 4 is 5.91 Å². The standard InChI is InChI=1S/C10H19NO2/c1-7(2)8(3)9-5-13-6-10(12)11(9)4/h7-9H,5-6H2,1-4H3. The number of hydrogen-bond donors (Lipinski definition) is 0. The Labute approximate surface area is 80.1 Å². The SMILES string of the molecule is CC(C)C(C)C1COCC(=O)N1C. The van der Waals surface area contributed by atoms with Crippen molar-refractivity contribution in [3.63, 3.8) is 0 Å². The summed E-state index contributed by atoms with van der Waals surface area (Å²) in [6.07, 6.45) is 0. The number of likely N-dealkylation sites (N-methyl/N-ethyl adjacent to an activating group) is 1. The molecular weight excluding hydrogens is 166 g/mol. The molecular formula is C10H19NO2. The summed E-state index contributed by atoms with van der Waals surface area (Å²) in [6, 6.07) is 0.251. The molecule has 0 spiro atoms. The molecule has 2 unspecified atom stereocenters. The molecule has 0 bridgehead atoms. The van der Waals surface area contributed by atoms with E-state index in [1.165, 1.54) is 0 Å². The summed E-state index contributed by atoms with van der Waals surface area (Å²) >= 11 is 0. The van der Waals surface area contributed by atoms with E-state index in [2.05, 4.69) is 20.8 Å². The predicted octanol–water partition coefficient (Wildman–Crippen LogP) is 1.14. The quantitative estimate of drug-likeness (QED) is 0.645. The number of amides is 1. The normalized spacial score (nSPS) is 26.7. The van der Waals surface area contributed by atoms with Crippen molar-refractivity contribution in [3.05, 3.63) is 0 Å². The second kappa shape index (κ2) is 4.09. The van der Waals surface area contributed by atoms with E-state index in [4.69, 9.17) is 4.74 Å². The molecule has 1 aliphatic heterocycles. The second-order valence-electron chi connectivity index (χ2n) is 4.19. The molecule has 3 heteroatoms. The lowest BCUT2D eigenvalue weighted by molar-refractivity contribution is -0.148. The lowest BCUT2D eigenvalue weighted by Gasteiger charge is -2.37. The predicted molar refractivity (Wildman–Crippen MR) is 51.4 cm³/mol. The lowest BCUT2D eigenvalue weighted by Crippen LogP contribution is -2.51. The second-order valence-corrected chi connectivity index (χ2v) is 4.19. The van der Waals surface area contributed by atoms with Crippen LogP contribution in [0, 0.1) is 11.8 Å². The van der Waals surface area contributed by atoms with Gasteiger partial charge in [0.15, 0.2) is 0 Å². The average Bonchev–Trinajstić information content (AvgIpc) is 2.08. The van der Waals surface area contributed by atoms with Gasteiger partial charge in [-0.05, 0) is 11.8 Å². The Kier molecular flexibility index (Phi) is 3.31. The van der Waals surface area contributed by atoms with Crippen molar-refractivity contribution in [2.45, 2.75) is 26.8 Å². The van der Waals surface area contributed by atoms with Gasteiger partial charge >= 0.3 is 0 Å². The number of nitrogens with zero attached hydrogens (tertiary/aromatic N) is 1. The molecule has 0 aromatic rings. The van der Waals surface area contributed by atoms with Crippen molar-refractivity contribution in [1.29, 1.82) is 0 Å². The highest BCUT2D eigenvalue weighted by molar-refractivity contribution is 5.78. The van der Waals surface area contributed by atoms with E-state index in [0.717, 1.165) is 0 Å². The maximum Gasteiger partial charge on any atom is 0.248 e. The fourth-order valence-corrected chi connectivity index (χ4v) is 1.61. The minimum atomic E-state index is 0.101. The summed E-state index contributed by atoms with van der Waals surface area (Å²) in [6.45, 7) is 7.46. The lowest BCUT2D eigenvalue weighted by atomic mass is 9.89. The first-order valence-corrected chi connectivity index (χ1v) is 4.87. The molecule has 13 heavy (non-hydrogen) atoms. The first kappa shape index (κ1) is 10.5. The van der Waals surface area contributed by atoms with Gasteiger partial charge in [0, 0.05) is 7.05 Å². The van der Waals surface area contributed by atoms with Crippen LogP contribution in [-0.2, 0) is 9.53 Å². The molecule has 0 N–H and O–H groups in total. The number of morpholine rings is 1. The highest BCUT2D eigenvalue weighted by Crippen LogP contribution is 2.21. The van der Waals surface area contributed by atoms with Gasteiger partial charge in [0.1, 0.15) is 6.61 Å². The average molecular weight is 185 g/mol. The number of ether oxygens (including phenoxy) is 1. The van der Waals surface area contributed by atoms with Crippen LogP contribution in [0.25, 0.3) is 0 Å². The monoisotopic (exact) mass is 185 g/mol. The molecule has 1 saturated heterocycles. The molecule has 0 saturated carbocycles. The van der Waals surface area contributed by atoms with Gasteiger partial charge in [-0.2, -0.15) is 0 Å². The summed E-state index contributed by atoms with van der Waals surface area (Å²) in [5, 5.41) is 0. The van der Waals surface area contributed by atoms with Gasteiger partial charge in [-0.15, -0.1) is 0 Å². The smallest absolute Gasteiger partial charge is 0.248 e. The van der Waals surface area contributed by atoms with E-state index in [1.54, 1.807) is 0 Å². The van der Waals surface area contributed by atoms with Crippen molar-refractivity contribution < 1.29 is 9.53 Å². The fourth-order valence-electron chi connectivity index (χ4n) is 1.61. The Morgan fingerprint density at radius 1 is 1.46 bits per heavy atom. The van der Waals surface area contributed by atoms with Crippen molar-refractivity contribution in [2.75, 3.05) is 20.3 Å². The van der Waals surface area contributed by atoms with Gasteiger partial charge in [0.25, 0.3) is 0 Å². The van der Waals surface area contributed by atoms with Crippen LogP contribution in [0.4, 0.5) is 0 Å². The third-order valence-electron chi connectivity index (χ3n) is 3.06. The highest BCUT2D eigenvalue weighted by atomic mass is 16.5. The van der Waals surface area contributed by atoms with Crippen LogP contribution in [-0.4, -0.2) is 37.1 Å². The number of hydrogen-bond acceptors (Lipinski definition) is 2. The Bertz CT molecular complexity index is 191. The molecule has 1 heterocycles. The molecule has 1 rings (SSSR count). The Balaban J connectivity index is 2.62. The highest BCUT2D eigenvalue weighted by Gasteiger charge is 2.30. The van der Waals surface area contributed by atoms with Crippen molar-refractivity contribution in [3.8, 4) is 0 Å². The summed E-state index contributed by atoms with van der Waals surface area (Å²) in [5.41, 5.74) is 0. The molecule has 0 aromatic heterocycles. The minimum absolute atomic E-state index is 0.101. The van der Waals surface area contributed by atoms with Gasteiger partial charge in [-0.1, -0.05) is 20.8 Å². The Hall–Kier alpha value is -0.570. The van der Waals surface area contributed by atoms with Crippen LogP contribution in [0.5, 0.6) is 0 Å². The van der Waals surface area contributed by atoms with E-state index in [9.17, 15) is 4.79 Å². The molecule has 3 nitrogen and oxygen atoms in total. The molecule has 76 valence electrons. The van der Waals surface area contributed by atoms with Crippen LogP contribution in [0.3, 0.4) is 0 Å². The summed E-state index contributed by atoms with van der Waals surface area (Å²) in [4.78, 5) is 13.2. The van der Waals surface area contributed by atoms with Crippen molar-refractivity contribution in [2.24, 2.45) is 11.8 Å². The van der Waals surface area contributed by atoms with Crippen LogP contribution < -0.4 is 0 Å². The zero-order valence-corrected chi connectivity index (χ0v) is 8.91. The topological polar surface area (TPSA) is 29.5 Å². The van der Waals surface area contributed by atoms with E-state index in [-0.39, 0.29) is 18.6 Å². The third kappa shape index (κ3) is 2.21. The van der Waals surface area contributed by atoms with E-state index in [0.29, 0.717) is 18.4 Å². The number of carbonyl (C=O) groups is 1. The molecule has 1 aliphatic rings. The first-order chi connectivity index (χ1) is 6.04. The minimum Gasteiger partial charge on any atom is -0.369 e. The van der Waals surface area contributed by atoms with Gasteiger partial charge in [0.05, 0.1) is 12.6 Å².